The van der Waals surface area contributed by atoms with Crippen LogP contribution in [0.4, 0.5) is 0 Å². The van der Waals surface area contributed by atoms with Crippen molar-refractivity contribution < 1.29 is 0 Å². The van der Waals surface area contributed by atoms with E-state index >= 15 is 0 Å². The van der Waals surface area contributed by atoms with Gasteiger partial charge in [-0.3, -0.25) is 0 Å². The standard InChI is InChI=1S/C15H13ClN2/c1-10-7-8-13-14(9-10)18(2)15(17-13)11-5-3-4-6-12(11)16/h3-9H,1-2H3. The molecule has 1 aromatic heterocycles. The second-order valence-corrected chi connectivity index (χ2v) is 4.87. The van der Waals surface area contributed by atoms with Crippen molar-refractivity contribution in [1.29, 1.82) is 0 Å². The maximum Gasteiger partial charge on any atom is 0.142 e. The van der Waals surface area contributed by atoms with Crippen LogP contribution in [0.15, 0.2) is 42.5 Å². The molecule has 0 bridgehead atoms. The molecule has 2 aromatic carbocycles. The van der Waals surface area contributed by atoms with Gasteiger partial charge in [-0.1, -0.05) is 29.8 Å². The van der Waals surface area contributed by atoms with Crippen molar-refractivity contribution in [3.05, 3.63) is 53.1 Å². The fraction of sp³-hybridized carbons (Fsp3) is 0.133. The molecule has 0 radical (unpaired) electrons. The van der Waals surface area contributed by atoms with Gasteiger partial charge in [0.2, 0.25) is 0 Å². The number of benzene rings is 2. The van der Waals surface area contributed by atoms with Crippen molar-refractivity contribution in [2.24, 2.45) is 7.05 Å². The fourth-order valence-electron chi connectivity index (χ4n) is 2.18. The van der Waals surface area contributed by atoms with Gasteiger partial charge in [-0.25, -0.2) is 4.98 Å². The summed E-state index contributed by atoms with van der Waals surface area (Å²) in [5.74, 6) is 0.904. The molecule has 0 fully saturated rings. The van der Waals surface area contributed by atoms with Crippen LogP contribution in [0.25, 0.3) is 22.4 Å². The molecule has 90 valence electrons. The lowest BCUT2D eigenvalue weighted by Gasteiger charge is -2.04. The van der Waals surface area contributed by atoms with Gasteiger partial charge in [-0.05, 0) is 36.8 Å². The Hall–Kier alpha value is -1.80. The van der Waals surface area contributed by atoms with Gasteiger partial charge in [0.05, 0.1) is 16.1 Å². The monoisotopic (exact) mass is 256 g/mol. The zero-order valence-electron chi connectivity index (χ0n) is 10.3. The number of hydrogen-bond acceptors (Lipinski definition) is 1. The van der Waals surface area contributed by atoms with E-state index in [1.54, 1.807) is 0 Å². The third-order valence-corrected chi connectivity index (χ3v) is 3.48. The molecule has 2 nitrogen and oxygen atoms in total. The minimum Gasteiger partial charge on any atom is -0.327 e. The maximum atomic E-state index is 6.24. The number of aromatic nitrogens is 2. The fourth-order valence-corrected chi connectivity index (χ4v) is 2.40. The Balaban J connectivity index is 2.31. The Morgan fingerprint density at radius 2 is 1.89 bits per heavy atom. The molecule has 1 heterocycles. The van der Waals surface area contributed by atoms with Crippen LogP contribution >= 0.6 is 11.6 Å². The SMILES string of the molecule is Cc1ccc2nc(-c3ccccc3Cl)n(C)c2c1. The molecule has 0 aliphatic heterocycles. The number of halogens is 1. The lowest BCUT2D eigenvalue weighted by molar-refractivity contribution is 0.959. The molecular weight excluding hydrogens is 244 g/mol. The highest BCUT2D eigenvalue weighted by Crippen LogP contribution is 2.29. The Kier molecular flexibility index (Phi) is 2.60. The number of nitrogens with zero attached hydrogens (tertiary/aromatic N) is 2. The van der Waals surface area contributed by atoms with Crippen molar-refractivity contribution in [2.45, 2.75) is 6.92 Å². The summed E-state index contributed by atoms with van der Waals surface area (Å²) in [6, 6.07) is 14.1. The average Bonchev–Trinajstić information content (AvgIpc) is 2.68. The molecule has 0 aliphatic rings. The van der Waals surface area contributed by atoms with Crippen molar-refractivity contribution in [1.82, 2.24) is 9.55 Å². The van der Waals surface area contributed by atoms with E-state index in [0.717, 1.165) is 27.4 Å². The van der Waals surface area contributed by atoms with Crippen LogP contribution in [0.1, 0.15) is 5.56 Å². The summed E-state index contributed by atoms with van der Waals surface area (Å²) in [4.78, 5) is 4.66. The summed E-state index contributed by atoms with van der Waals surface area (Å²) >= 11 is 6.24. The summed E-state index contributed by atoms with van der Waals surface area (Å²) in [6.45, 7) is 2.08. The third kappa shape index (κ3) is 1.70. The van der Waals surface area contributed by atoms with Crippen LogP contribution in [0.5, 0.6) is 0 Å². The van der Waals surface area contributed by atoms with Crippen molar-refractivity contribution >= 4 is 22.6 Å². The Morgan fingerprint density at radius 1 is 1.11 bits per heavy atom. The van der Waals surface area contributed by atoms with E-state index in [1.165, 1.54) is 5.56 Å². The zero-order chi connectivity index (χ0) is 12.7. The molecular formula is C15H13ClN2. The Morgan fingerprint density at radius 3 is 2.67 bits per heavy atom. The normalized spacial score (nSPS) is 11.1. The Labute approximate surface area is 111 Å². The zero-order valence-corrected chi connectivity index (χ0v) is 11.1. The molecule has 0 N–H and O–H groups in total. The molecule has 0 amide bonds. The summed E-state index contributed by atoms with van der Waals surface area (Å²) in [5, 5.41) is 0.729. The van der Waals surface area contributed by atoms with Crippen LogP contribution in [0, 0.1) is 6.92 Å². The first kappa shape index (κ1) is 11.3. The van der Waals surface area contributed by atoms with Crippen molar-refractivity contribution in [3.8, 4) is 11.4 Å². The highest BCUT2D eigenvalue weighted by molar-refractivity contribution is 6.33. The number of fused-ring (bicyclic) bond motifs is 1. The summed E-state index contributed by atoms with van der Waals surface area (Å²) in [7, 11) is 2.02. The predicted octanol–water partition coefficient (Wildman–Crippen LogP) is 4.20. The van der Waals surface area contributed by atoms with Gasteiger partial charge in [0.25, 0.3) is 0 Å². The molecule has 3 heteroatoms. The van der Waals surface area contributed by atoms with E-state index < -0.39 is 0 Å². The minimum absolute atomic E-state index is 0.729. The van der Waals surface area contributed by atoms with Gasteiger partial charge in [-0.2, -0.15) is 0 Å². The molecule has 0 aliphatic carbocycles. The van der Waals surface area contributed by atoms with Crippen molar-refractivity contribution in [2.75, 3.05) is 0 Å². The number of aryl methyl sites for hydroxylation is 2. The van der Waals surface area contributed by atoms with E-state index in [4.69, 9.17) is 11.6 Å². The second-order valence-electron chi connectivity index (χ2n) is 4.47. The van der Waals surface area contributed by atoms with E-state index in [0.29, 0.717) is 0 Å². The smallest absolute Gasteiger partial charge is 0.142 e. The molecule has 3 aromatic rings. The van der Waals surface area contributed by atoms with Gasteiger partial charge in [0.1, 0.15) is 5.82 Å². The average molecular weight is 257 g/mol. The van der Waals surface area contributed by atoms with Gasteiger partial charge < -0.3 is 4.57 Å². The van der Waals surface area contributed by atoms with Crippen LogP contribution < -0.4 is 0 Å². The van der Waals surface area contributed by atoms with E-state index in [9.17, 15) is 0 Å². The lowest BCUT2D eigenvalue weighted by Crippen LogP contribution is -1.93. The third-order valence-electron chi connectivity index (χ3n) is 3.15. The molecule has 0 saturated carbocycles. The first-order chi connectivity index (χ1) is 8.66. The van der Waals surface area contributed by atoms with Crippen molar-refractivity contribution in [3.63, 3.8) is 0 Å². The highest BCUT2D eigenvalue weighted by atomic mass is 35.5. The van der Waals surface area contributed by atoms with Crippen LogP contribution in [-0.4, -0.2) is 9.55 Å². The maximum absolute atomic E-state index is 6.24. The van der Waals surface area contributed by atoms with Crippen LogP contribution in [0.3, 0.4) is 0 Å². The first-order valence-electron chi connectivity index (χ1n) is 5.85. The van der Waals surface area contributed by atoms with Gasteiger partial charge in [0, 0.05) is 12.6 Å². The first-order valence-corrected chi connectivity index (χ1v) is 6.22. The molecule has 0 unspecified atom stereocenters. The van der Waals surface area contributed by atoms with E-state index in [1.807, 2.05) is 37.4 Å². The van der Waals surface area contributed by atoms with Gasteiger partial charge in [-0.15, -0.1) is 0 Å². The summed E-state index contributed by atoms with van der Waals surface area (Å²) < 4.78 is 2.09. The Bertz CT molecular complexity index is 728. The van der Waals surface area contributed by atoms with Crippen LogP contribution in [-0.2, 0) is 7.05 Å². The number of hydrogen-bond donors (Lipinski definition) is 0. The minimum atomic E-state index is 0.729. The van der Waals surface area contributed by atoms with Gasteiger partial charge >= 0.3 is 0 Å². The number of imidazole rings is 1. The number of rotatable bonds is 1. The van der Waals surface area contributed by atoms with Crippen LogP contribution in [0.2, 0.25) is 5.02 Å². The molecule has 0 spiro atoms. The quantitative estimate of drug-likeness (QED) is 0.638. The summed E-state index contributed by atoms with van der Waals surface area (Å²) in [5.41, 5.74) is 4.33. The highest BCUT2D eigenvalue weighted by Gasteiger charge is 2.11. The molecule has 0 saturated heterocycles. The molecule has 3 rings (SSSR count). The van der Waals surface area contributed by atoms with E-state index in [2.05, 4.69) is 28.6 Å². The summed E-state index contributed by atoms with van der Waals surface area (Å²) in [6.07, 6.45) is 0. The lowest BCUT2D eigenvalue weighted by atomic mass is 10.2. The molecule has 18 heavy (non-hydrogen) atoms. The predicted molar refractivity (Wildman–Crippen MR) is 75.9 cm³/mol. The topological polar surface area (TPSA) is 17.8 Å². The largest absolute Gasteiger partial charge is 0.327 e. The second kappa shape index (κ2) is 4.14. The molecule has 0 atom stereocenters. The van der Waals surface area contributed by atoms with E-state index in [-0.39, 0.29) is 0 Å². The van der Waals surface area contributed by atoms with Gasteiger partial charge in [0.15, 0.2) is 0 Å².